The van der Waals surface area contributed by atoms with Gasteiger partial charge in [-0.25, -0.2) is 0 Å². The van der Waals surface area contributed by atoms with E-state index in [9.17, 15) is 22.8 Å². The quantitative estimate of drug-likeness (QED) is 0.877. The smallest absolute Gasteiger partial charge is 0.442 e. The van der Waals surface area contributed by atoms with Crippen molar-refractivity contribution in [3.8, 4) is 0 Å². The molecule has 0 fully saturated rings. The SMILES string of the molecule is CC(C(=O)O)c1cccc(NC(=O)CSC(F)(F)F)c1. The molecular weight excluding hydrogens is 295 g/mol. The Morgan fingerprint density at radius 2 is 2.05 bits per heavy atom. The molecular formula is C12H12F3NO3S. The average molecular weight is 307 g/mol. The van der Waals surface area contributed by atoms with E-state index in [0.29, 0.717) is 5.56 Å². The number of carbonyl (C=O) groups excluding carboxylic acids is 1. The van der Waals surface area contributed by atoms with E-state index < -0.39 is 40.8 Å². The van der Waals surface area contributed by atoms with E-state index >= 15 is 0 Å². The van der Waals surface area contributed by atoms with Crippen LogP contribution < -0.4 is 5.32 Å². The van der Waals surface area contributed by atoms with Gasteiger partial charge in [0.15, 0.2) is 0 Å². The highest BCUT2D eigenvalue weighted by molar-refractivity contribution is 8.00. The summed E-state index contributed by atoms with van der Waals surface area (Å²) in [5.41, 5.74) is -3.74. The summed E-state index contributed by atoms with van der Waals surface area (Å²) in [6.07, 6.45) is 0. The molecule has 1 aromatic carbocycles. The molecule has 1 aromatic rings. The number of rotatable bonds is 5. The van der Waals surface area contributed by atoms with Gasteiger partial charge >= 0.3 is 11.5 Å². The Labute approximate surface area is 117 Å². The van der Waals surface area contributed by atoms with Crippen LogP contribution in [0.15, 0.2) is 24.3 Å². The molecule has 0 spiro atoms. The molecule has 20 heavy (non-hydrogen) atoms. The number of alkyl halides is 3. The van der Waals surface area contributed by atoms with Crippen molar-refractivity contribution in [2.24, 2.45) is 0 Å². The lowest BCUT2D eigenvalue weighted by Gasteiger charge is -2.10. The second kappa shape index (κ2) is 6.65. The van der Waals surface area contributed by atoms with Gasteiger partial charge in [-0.15, -0.1) is 0 Å². The van der Waals surface area contributed by atoms with Crippen molar-refractivity contribution >= 4 is 29.3 Å². The number of aliphatic carboxylic acids is 1. The third-order valence-electron chi connectivity index (χ3n) is 2.41. The first-order chi connectivity index (χ1) is 9.19. The number of benzene rings is 1. The highest BCUT2D eigenvalue weighted by atomic mass is 32.2. The first kappa shape index (κ1) is 16.4. The van der Waals surface area contributed by atoms with Crippen molar-refractivity contribution in [2.45, 2.75) is 18.3 Å². The number of amides is 1. The predicted molar refractivity (Wildman–Crippen MR) is 69.6 cm³/mol. The summed E-state index contributed by atoms with van der Waals surface area (Å²) in [4.78, 5) is 22.2. The Morgan fingerprint density at radius 1 is 1.40 bits per heavy atom. The minimum atomic E-state index is -4.46. The van der Waals surface area contributed by atoms with E-state index in [4.69, 9.17) is 5.11 Å². The molecule has 0 heterocycles. The molecule has 1 unspecified atom stereocenters. The summed E-state index contributed by atoms with van der Waals surface area (Å²) in [7, 11) is 0. The second-order valence-corrected chi connectivity index (χ2v) is 5.01. The molecule has 0 bridgehead atoms. The fourth-order valence-corrected chi connectivity index (χ4v) is 1.74. The highest BCUT2D eigenvalue weighted by Crippen LogP contribution is 2.30. The third-order valence-corrected chi connectivity index (χ3v) is 3.14. The highest BCUT2D eigenvalue weighted by Gasteiger charge is 2.29. The fraction of sp³-hybridized carbons (Fsp3) is 0.333. The number of carboxylic acids is 1. The van der Waals surface area contributed by atoms with Crippen molar-refractivity contribution in [3.05, 3.63) is 29.8 Å². The lowest BCUT2D eigenvalue weighted by Crippen LogP contribution is -2.17. The molecule has 0 saturated heterocycles. The predicted octanol–water partition coefficient (Wildman–Crippen LogP) is 3.07. The van der Waals surface area contributed by atoms with Gasteiger partial charge in [0.25, 0.3) is 0 Å². The molecule has 110 valence electrons. The number of carboxylic acid groups (broad SMARTS) is 1. The van der Waals surface area contributed by atoms with Gasteiger partial charge < -0.3 is 10.4 Å². The van der Waals surface area contributed by atoms with Gasteiger partial charge in [0.2, 0.25) is 5.91 Å². The summed E-state index contributed by atoms with van der Waals surface area (Å²) in [6.45, 7) is 1.47. The maximum Gasteiger partial charge on any atom is 0.442 e. The fourth-order valence-electron chi connectivity index (χ4n) is 1.37. The normalized spacial score (nSPS) is 12.8. The number of nitrogens with one attached hydrogen (secondary N) is 1. The average Bonchev–Trinajstić information content (AvgIpc) is 2.35. The van der Waals surface area contributed by atoms with Crippen LogP contribution in [-0.4, -0.2) is 28.2 Å². The first-order valence-corrected chi connectivity index (χ1v) is 6.51. The molecule has 1 atom stereocenters. The monoisotopic (exact) mass is 307 g/mol. The molecule has 0 saturated carbocycles. The molecule has 0 radical (unpaired) electrons. The maximum absolute atomic E-state index is 11.9. The molecule has 1 amide bonds. The minimum Gasteiger partial charge on any atom is -0.481 e. The van der Waals surface area contributed by atoms with Gasteiger partial charge in [0.1, 0.15) is 0 Å². The molecule has 2 N–H and O–H groups in total. The summed E-state index contributed by atoms with van der Waals surface area (Å²) < 4.78 is 35.8. The zero-order valence-electron chi connectivity index (χ0n) is 10.4. The van der Waals surface area contributed by atoms with E-state index in [2.05, 4.69) is 5.32 Å². The Morgan fingerprint density at radius 3 is 2.60 bits per heavy atom. The van der Waals surface area contributed by atoms with E-state index in [-0.39, 0.29) is 5.69 Å². The van der Waals surface area contributed by atoms with Gasteiger partial charge in [-0.3, -0.25) is 9.59 Å². The Hall–Kier alpha value is -1.70. The van der Waals surface area contributed by atoms with Crippen molar-refractivity contribution in [1.29, 1.82) is 0 Å². The lowest BCUT2D eigenvalue weighted by molar-refractivity contribution is -0.138. The minimum absolute atomic E-state index is 0.267. The van der Waals surface area contributed by atoms with Crippen molar-refractivity contribution in [3.63, 3.8) is 0 Å². The topological polar surface area (TPSA) is 66.4 Å². The van der Waals surface area contributed by atoms with Crippen LogP contribution >= 0.6 is 11.8 Å². The second-order valence-electron chi connectivity index (χ2n) is 3.97. The van der Waals surface area contributed by atoms with Crippen LogP contribution in [0.2, 0.25) is 0 Å². The summed E-state index contributed by atoms with van der Waals surface area (Å²) in [5.74, 6) is -3.34. The molecule has 0 aliphatic carbocycles. The van der Waals surface area contributed by atoms with E-state index in [1.165, 1.54) is 25.1 Å². The zero-order valence-corrected chi connectivity index (χ0v) is 11.2. The molecule has 1 rings (SSSR count). The van der Waals surface area contributed by atoms with Gasteiger partial charge in [0, 0.05) is 5.69 Å². The van der Waals surface area contributed by atoms with Gasteiger partial charge in [-0.1, -0.05) is 12.1 Å². The Kier molecular flexibility index (Phi) is 5.43. The molecule has 8 heteroatoms. The van der Waals surface area contributed by atoms with Crippen LogP contribution in [0, 0.1) is 0 Å². The van der Waals surface area contributed by atoms with Gasteiger partial charge in [0.05, 0.1) is 11.7 Å². The van der Waals surface area contributed by atoms with E-state index in [1.807, 2.05) is 0 Å². The number of hydrogen-bond donors (Lipinski definition) is 2. The number of carbonyl (C=O) groups is 2. The zero-order chi connectivity index (χ0) is 15.3. The maximum atomic E-state index is 11.9. The van der Waals surface area contributed by atoms with Crippen LogP contribution in [-0.2, 0) is 9.59 Å². The summed E-state index contributed by atoms with van der Waals surface area (Å²) >= 11 is -0.430. The van der Waals surface area contributed by atoms with Gasteiger partial charge in [-0.05, 0) is 36.4 Å². The number of anilines is 1. The third kappa shape index (κ3) is 5.52. The molecule has 4 nitrogen and oxygen atoms in total. The standard InChI is InChI=1S/C12H12F3NO3S/c1-7(11(18)19)8-3-2-4-9(5-8)16-10(17)6-20-12(13,14)15/h2-5,7H,6H2,1H3,(H,16,17)(H,18,19). The van der Waals surface area contributed by atoms with Crippen LogP contribution in [0.1, 0.15) is 18.4 Å². The largest absolute Gasteiger partial charge is 0.481 e. The van der Waals surface area contributed by atoms with Crippen LogP contribution in [0.5, 0.6) is 0 Å². The molecule has 0 aliphatic rings. The summed E-state index contributed by atoms with van der Waals surface area (Å²) in [6, 6.07) is 6.00. The van der Waals surface area contributed by atoms with Crippen LogP contribution in [0.25, 0.3) is 0 Å². The molecule has 0 aliphatic heterocycles. The number of thioether (sulfide) groups is 1. The van der Waals surface area contributed by atoms with E-state index in [0.717, 1.165) is 0 Å². The Bertz CT molecular complexity index is 505. The van der Waals surface area contributed by atoms with Crippen LogP contribution in [0.3, 0.4) is 0 Å². The number of hydrogen-bond acceptors (Lipinski definition) is 3. The van der Waals surface area contributed by atoms with Crippen molar-refractivity contribution in [1.82, 2.24) is 0 Å². The van der Waals surface area contributed by atoms with Crippen molar-refractivity contribution < 1.29 is 27.9 Å². The number of halogens is 3. The van der Waals surface area contributed by atoms with Gasteiger partial charge in [-0.2, -0.15) is 13.2 Å². The lowest BCUT2D eigenvalue weighted by atomic mass is 10.0. The first-order valence-electron chi connectivity index (χ1n) is 5.52. The van der Waals surface area contributed by atoms with Crippen LogP contribution in [0.4, 0.5) is 18.9 Å². The summed E-state index contributed by atoms with van der Waals surface area (Å²) in [5, 5.41) is 11.2. The van der Waals surface area contributed by atoms with E-state index in [1.54, 1.807) is 6.07 Å². The Balaban J connectivity index is 2.67. The van der Waals surface area contributed by atoms with Crippen molar-refractivity contribution in [2.75, 3.05) is 11.1 Å². The molecule has 0 aromatic heterocycles.